The van der Waals surface area contributed by atoms with Crippen LogP contribution in [0.25, 0.3) is 11.4 Å². The summed E-state index contributed by atoms with van der Waals surface area (Å²) in [7, 11) is 1.58. The van der Waals surface area contributed by atoms with Gasteiger partial charge in [-0.15, -0.1) is 10.2 Å². The smallest absolute Gasteiger partial charge is 0.330 e. The van der Waals surface area contributed by atoms with Gasteiger partial charge < -0.3 is 4.74 Å². The Labute approximate surface area is 170 Å². The Hall–Kier alpha value is -2.58. The molecule has 158 valence electrons. The van der Waals surface area contributed by atoms with E-state index in [1.54, 1.807) is 14.0 Å². The van der Waals surface area contributed by atoms with Crippen LogP contribution in [0.15, 0.2) is 4.79 Å². The summed E-state index contributed by atoms with van der Waals surface area (Å²) in [5.41, 5.74) is 1.46. The van der Waals surface area contributed by atoms with E-state index in [0.717, 1.165) is 12.8 Å². The zero-order chi connectivity index (χ0) is 21.3. The second-order valence-electron chi connectivity index (χ2n) is 8.51. The predicted octanol–water partition coefficient (Wildman–Crippen LogP) is 2.05. The van der Waals surface area contributed by atoms with E-state index in [1.807, 2.05) is 6.92 Å². The third-order valence-corrected chi connectivity index (χ3v) is 5.92. The Morgan fingerprint density at radius 3 is 2.66 bits per heavy atom. The molecule has 9 nitrogen and oxygen atoms in total. The first-order valence-electron chi connectivity index (χ1n) is 10.2. The second kappa shape index (κ2) is 8.42. The van der Waals surface area contributed by atoms with Crippen molar-refractivity contribution < 1.29 is 9.53 Å². The van der Waals surface area contributed by atoms with Crippen LogP contribution in [0.1, 0.15) is 51.3 Å². The van der Waals surface area contributed by atoms with Crippen LogP contribution in [0, 0.1) is 31.6 Å². The van der Waals surface area contributed by atoms with Gasteiger partial charge in [-0.05, 0) is 55.2 Å². The molecule has 0 amide bonds. The molecule has 1 aliphatic carbocycles. The summed E-state index contributed by atoms with van der Waals surface area (Å²) in [6.07, 6.45) is 3.05. The fourth-order valence-electron chi connectivity index (χ4n) is 4.09. The highest BCUT2D eigenvalue weighted by Gasteiger charge is 2.33. The third-order valence-electron chi connectivity index (χ3n) is 5.92. The van der Waals surface area contributed by atoms with E-state index in [9.17, 15) is 9.59 Å². The number of carbonyl (C=O) groups excluding carboxylic acids is 1. The molecule has 1 saturated carbocycles. The van der Waals surface area contributed by atoms with Crippen LogP contribution >= 0.6 is 0 Å². The molecule has 3 rings (SSSR count). The summed E-state index contributed by atoms with van der Waals surface area (Å²) < 4.78 is 7.05. The van der Waals surface area contributed by atoms with Gasteiger partial charge in [0.05, 0.1) is 11.3 Å². The monoisotopic (exact) mass is 402 g/mol. The van der Waals surface area contributed by atoms with Gasteiger partial charge in [0.25, 0.3) is 5.56 Å². The van der Waals surface area contributed by atoms with Crippen molar-refractivity contribution in [3.8, 4) is 11.4 Å². The van der Waals surface area contributed by atoms with E-state index in [0.29, 0.717) is 34.6 Å². The van der Waals surface area contributed by atoms with Gasteiger partial charge in [-0.3, -0.25) is 4.79 Å². The van der Waals surface area contributed by atoms with Crippen molar-refractivity contribution in [3.63, 3.8) is 0 Å². The number of aromatic nitrogens is 6. The molecular weight excluding hydrogens is 372 g/mol. The lowest BCUT2D eigenvalue weighted by atomic mass is 9.75. The van der Waals surface area contributed by atoms with E-state index in [4.69, 9.17) is 4.74 Å². The number of tetrazole rings is 1. The molecule has 3 unspecified atom stereocenters. The van der Waals surface area contributed by atoms with Crippen LogP contribution in [0.3, 0.4) is 0 Å². The van der Waals surface area contributed by atoms with E-state index in [1.165, 1.54) is 15.9 Å². The van der Waals surface area contributed by atoms with Crippen LogP contribution in [-0.2, 0) is 23.1 Å². The molecule has 0 spiro atoms. The fourth-order valence-corrected chi connectivity index (χ4v) is 4.09. The first-order chi connectivity index (χ1) is 13.7. The summed E-state index contributed by atoms with van der Waals surface area (Å²) in [6, 6.07) is 0. The number of carbonyl (C=O) groups is 1. The Kier molecular flexibility index (Phi) is 6.14. The topological polar surface area (TPSA) is 105 Å². The summed E-state index contributed by atoms with van der Waals surface area (Å²) in [6.45, 7) is 10.0. The van der Waals surface area contributed by atoms with Crippen LogP contribution < -0.4 is 5.56 Å². The highest BCUT2D eigenvalue weighted by Crippen LogP contribution is 2.35. The summed E-state index contributed by atoms with van der Waals surface area (Å²) >= 11 is 0. The van der Waals surface area contributed by atoms with Gasteiger partial charge in [-0.1, -0.05) is 27.2 Å². The molecule has 3 atom stereocenters. The van der Waals surface area contributed by atoms with Crippen molar-refractivity contribution in [2.24, 2.45) is 24.8 Å². The van der Waals surface area contributed by atoms with Crippen molar-refractivity contribution in [2.75, 3.05) is 0 Å². The molecule has 0 N–H and O–H groups in total. The number of aryl methyl sites for hydroxylation is 2. The zero-order valence-corrected chi connectivity index (χ0v) is 18.0. The largest absolute Gasteiger partial charge is 0.461 e. The average molecular weight is 402 g/mol. The van der Waals surface area contributed by atoms with Crippen molar-refractivity contribution in [2.45, 2.75) is 66.5 Å². The lowest BCUT2D eigenvalue weighted by molar-refractivity contribution is -0.157. The number of hydrogen-bond acceptors (Lipinski definition) is 7. The molecule has 0 saturated heterocycles. The minimum atomic E-state index is -0.380. The average Bonchev–Trinajstić information content (AvgIpc) is 3.08. The molecule has 2 heterocycles. The quantitative estimate of drug-likeness (QED) is 0.705. The first kappa shape index (κ1) is 21.1. The van der Waals surface area contributed by atoms with Crippen LogP contribution in [-0.4, -0.2) is 42.1 Å². The number of hydrogen-bond donors (Lipinski definition) is 0. The molecule has 1 fully saturated rings. The number of esters is 1. The Morgan fingerprint density at radius 1 is 1.24 bits per heavy atom. The van der Waals surface area contributed by atoms with Crippen molar-refractivity contribution >= 4 is 5.97 Å². The van der Waals surface area contributed by atoms with E-state index in [2.05, 4.69) is 41.3 Å². The normalized spacial score (nSPS) is 22.1. The van der Waals surface area contributed by atoms with Gasteiger partial charge in [0, 0.05) is 7.05 Å². The lowest BCUT2D eigenvalue weighted by Crippen LogP contribution is -2.36. The van der Waals surface area contributed by atoms with Crippen LogP contribution in [0.4, 0.5) is 0 Å². The maximum Gasteiger partial charge on any atom is 0.330 e. The van der Waals surface area contributed by atoms with Gasteiger partial charge >= 0.3 is 5.97 Å². The minimum absolute atomic E-state index is 0.0772. The molecule has 1 aliphatic rings. The van der Waals surface area contributed by atoms with Crippen LogP contribution in [0.5, 0.6) is 0 Å². The molecule has 0 aliphatic heterocycles. The molecule has 2 aromatic rings. The minimum Gasteiger partial charge on any atom is -0.461 e. The molecule has 2 aromatic heterocycles. The molecule has 0 radical (unpaired) electrons. The molecule has 0 aromatic carbocycles. The fraction of sp³-hybridized carbons (Fsp3) is 0.700. The summed E-state index contributed by atoms with van der Waals surface area (Å²) in [5.74, 6) is 1.19. The Bertz CT molecular complexity index is 948. The molecule has 9 heteroatoms. The second-order valence-corrected chi connectivity index (χ2v) is 8.51. The van der Waals surface area contributed by atoms with Crippen LogP contribution in [0.2, 0.25) is 0 Å². The van der Waals surface area contributed by atoms with Gasteiger partial charge in [0.2, 0.25) is 5.82 Å². The highest BCUT2D eigenvalue weighted by molar-refractivity contribution is 5.69. The first-order valence-corrected chi connectivity index (χ1v) is 10.2. The molecular formula is C20H30N6O3. The predicted molar refractivity (Wildman–Crippen MR) is 107 cm³/mol. The number of rotatable bonds is 5. The van der Waals surface area contributed by atoms with Gasteiger partial charge in [-0.2, -0.15) is 9.90 Å². The Balaban J connectivity index is 1.74. The highest BCUT2D eigenvalue weighted by atomic mass is 16.5. The standard InChI is InChI=1S/C20H30N6O3/c1-11(2)15-8-7-12(3)9-16(15)29-17(27)10-26-23-19(21-24-26)18-13(4)14(5)22-25(6)20(18)28/h11-12,15-16H,7-10H2,1-6H3. The van der Waals surface area contributed by atoms with E-state index < -0.39 is 0 Å². The summed E-state index contributed by atoms with van der Waals surface area (Å²) in [5, 5.41) is 16.3. The zero-order valence-electron chi connectivity index (χ0n) is 18.0. The van der Waals surface area contributed by atoms with Gasteiger partial charge in [0.1, 0.15) is 6.10 Å². The number of ether oxygens (including phenoxy) is 1. The van der Waals surface area contributed by atoms with Gasteiger partial charge in [-0.25, -0.2) is 9.48 Å². The third kappa shape index (κ3) is 4.54. The summed E-state index contributed by atoms with van der Waals surface area (Å²) in [4.78, 5) is 26.2. The lowest BCUT2D eigenvalue weighted by Gasteiger charge is -2.36. The van der Waals surface area contributed by atoms with Crippen molar-refractivity contribution in [1.82, 2.24) is 30.0 Å². The molecule has 29 heavy (non-hydrogen) atoms. The van der Waals surface area contributed by atoms with Crippen molar-refractivity contribution in [3.05, 3.63) is 21.6 Å². The number of nitrogens with zero attached hydrogens (tertiary/aromatic N) is 6. The van der Waals surface area contributed by atoms with Crippen molar-refractivity contribution in [1.29, 1.82) is 0 Å². The van der Waals surface area contributed by atoms with E-state index in [-0.39, 0.29) is 30.0 Å². The Morgan fingerprint density at radius 2 is 1.97 bits per heavy atom. The maximum absolute atomic E-state index is 12.5. The van der Waals surface area contributed by atoms with E-state index >= 15 is 0 Å². The SMILES string of the molecule is Cc1nn(C)c(=O)c(-c2nnn(CC(=O)OC3CC(C)CCC3C(C)C)n2)c1C. The maximum atomic E-state index is 12.5. The van der Waals surface area contributed by atoms with Gasteiger partial charge in [0.15, 0.2) is 6.54 Å². The molecule has 0 bridgehead atoms.